The molecule has 1 unspecified atom stereocenters. The van der Waals surface area contributed by atoms with Gasteiger partial charge in [0.2, 0.25) is 15.0 Å². The standard InChI is InChI=1S/C11H10ClFN2O5S/c12-21(19,20)6-7-3-11(16)14(5-7)10-2-1-8(15(17)18)4-9(10)13/h1-2,4,7H,3,5-6H2. The number of halogens is 2. The minimum absolute atomic E-state index is 0.000482. The average molecular weight is 337 g/mol. The van der Waals surface area contributed by atoms with Crippen molar-refractivity contribution in [1.29, 1.82) is 0 Å². The highest BCUT2D eigenvalue weighted by Gasteiger charge is 2.34. The number of benzene rings is 1. The third-order valence-corrected chi connectivity index (χ3v) is 4.32. The van der Waals surface area contributed by atoms with Crippen LogP contribution in [0.2, 0.25) is 0 Å². The Bertz CT molecular complexity index is 709. The third kappa shape index (κ3) is 3.67. The molecular weight excluding hydrogens is 327 g/mol. The lowest BCUT2D eigenvalue weighted by Crippen LogP contribution is -2.26. The number of anilines is 1. The van der Waals surface area contributed by atoms with E-state index < -0.39 is 37.3 Å². The summed E-state index contributed by atoms with van der Waals surface area (Å²) in [5, 5.41) is 10.5. The van der Waals surface area contributed by atoms with Crippen LogP contribution >= 0.6 is 10.7 Å². The molecule has 7 nitrogen and oxygen atoms in total. The fraction of sp³-hybridized carbons (Fsp3) is 0.364. The predicted octanol–water partition coefficient (Wildman–Crippen LogP) is 1.66. The molecule has 0 aromatic heterocycles. The van der Waals surface area contributed by atoms with Gasteiger partial charge < -0.3 is 4.90 Å². The maximum atomic E-state index is 13.9. The smallest absolute Gasteiger partial charge is 0.272 e. The SMILES string of the molecule is O=C1CC(CS(=O)(=O)Cl)CN1c1ccc([N+](=O)[O-])cc1F. The van der Waals surface area contributed by atoms with Crippen LogP contribution in [0.4, 0.5) is 15.8 Å². The average Bonchev–Trinajstić information content (AvgIpc) is 2.67. The van der Waals surface area contributed by atoms with Crippen molar-refractivity contribution in [2.24, 2.45) is 5.92 Å². The zero-order valence-electron chi connectivity index (χ0n) is 10.5. The van der Waals surface area contributed by atoms with Gasteiger partial charge in [0.05, 0.1) is 22.4 Å². The number of nitro groups is 1. The van der Waals surface area contributed by atoms with Crippen LogP contribution in [0.3, 0.4) is 0 Å². The van der Waals surface area contributed by atoms with E-state index in [2.05, 4.69) is 0 Å². The molecule has 1 heterocycles. The number of non-ortho nitro benzene ring substituents is 1. The predicted molar refractivity (Wildman–Crippen MR) is 73.2 cm³/mol. The number of hydrogen-bond donors (Lipinski definition) is 0. The minimum Gasteiger partial charge on any atom is -0.309 e. The molecule has 2 rings (SSSR count). The number of nitro benzene ring substituents is 1. The highest BCUT2D eigenvalue weighted by Crippen LogP contribution is 2.30. The maximum absolute atomic E-state index is 13.9. The van der Waals surface area contributed by atoms with Gasteiger partial charge in [-0.25, -0.2) is 12.8 Å². The van der Waals surface area contributed by atoms with Crippen LogP contribution in [0.5, 0.6) is 0 Å². The van der Waals surface area contributed by atoms with Gasteiger partial charge in [-0.3, -0.25) is 14.9 Å². The highest BCUT2D eigenvalue weighted by molar-refractivity contribution is 8.13. The van der Waals surface area contributed by atoms with E-state index in [4.69, 9.17) is 10.7 Å². The molecule has 1 saturated heterocycles. The maximum Gasteiger partial charge on any atom is 0.272 e. The first-order chi connectivity index (χ1) is 9.67. The van der Waals surface area contributed by atoms with Crippen LogP contribution in [-0.4, -0.2) is 31.5 Å². The molecule has 1 aliphatic heterocycles. The fourth-order valence-corrected chi connectivity index (χ4v) is 3.56. The molecule has 1 amide bonds. The quantitative estimate of drug-likeness (QED) is 0.473. The van der Waals surface area contributed by atoms with Crippen molar-refractivity contribution < 1.29 is 22.5 Å². The Morgan fingerprint density at radius 1 is 1.48 bits per heavy atom. The number of nitrogens with zero attached hydrogens (tertiary/aromatic N) is 2. The second-order valence-electron chi connectivity index (χ2n) is 4.67. The Kier molecular flexibility index (Phi) is 4.15. The molecule has 1 aromatic carbocycles. The van der Waals surface area contributed by atoms with Gasteiger partial charge in [-0.05, 0) is 6.07 Å². The summed E-state index contributed by atoms with van der Waals surface area (Å²) >= 11 is 0. The summed E-state index contributed by atoms with van der Waals surface area (Å²) in [6, 6.07) is 2.93. The molecule has 0 saturated carbocycles. The molecule has 0 aliphatic carbocycles. The molecule has 0 radical (unpaired) electrons. The largest absolute Gasteiger partial charge is 0.309 e. The van der Waals surface area contributed by atoms with Crippen LogP contribution in [0.15, 0.2) is 18.2 Å². The molecule has 0 N–H and O–H groups in total. The van der Waals surface area contributed by atoms with E-state index in [1.54, 1.807) is 0 Å². The van der Waals surface area contributed by atoms with E-state index >= 15 is 0 Å². The lowest BCUT2D eigenvalue weighted by molar-refractivity contribution is -0.385. The molecule has 21 heavy (non-hydrogen) atoms. The van der Waals surface area contributed by atoms with Crippen LogP contribution in [0.25, 0.3) is 0 Å². The first-order valence-electron chi connectivity index (χ1n) is 5.84. The van der Waals surface area contributed by atoms with Crippen LogP contribution < -0.4 is 4.90 Å². The summed E-state index contributed by atoms with van der Waals surface area (Å²) in [5.41, 5.74) is -0.539. The summed E-state index contributed by atoms with van der Waals surface area (Å²) in [5.74, 6) is -2.28. The molecule has 1 aromatic rings. The molecular formula is C11H10ClFN2O5S. The van der Waals surface area contributed by atoms with Crippen LogP contribution in [-0.2, 0) is 13.8 Å². The molecule has 0 spiro atoms. The van der Waals surface area contributed by atoms with Crippen molar-refractivity contribution in [2.75, 3.05) is 17.2 Å². The van der Waals surface area contributed by atoms with Crippen molar-refractivity contribution >= 4 is 37.0 Å². The molecule has 1 fully saturated rings. The first-order valence-corrected chi connectivity index (χ1v) is 8.32. The molecule has 1 atom stereocenters. The van der Waals surface area contributed by atoms with Crippen molar-refractivity contribution in [3.8, 4) is 0 Å². The normalized spacial score (nSPS) is 19.0. The van der Waals surface area contributed by atoms with E-state index in [1.807, 2.05) is 0 Å². The van der Waals surface area contributed by atoms with Crippen LogP contribution in [0.1, 0.15) is 6.42 Å². The van der Waals surface area contributed by atoms with Gasteiger partial charge in [0, 0.05) is 35.6 Å². The van der Waals surface area contributed by atoms with Gasteiger partial charge in [-0.1, -0.05) is 0 Å². The van der Waals surface area contributed by atoms with Gasteiger partial charge in [0.25, 0.3) is 5.69 Å². The second kappa shape index (κ2) is 5.57. The number of amides is 1. The van der Waals surface area contributed by atoms with Crippen molar-refractivity contribution in [3.63, 3.8) is 0 Å². The van der Waals surface area contributed by atoms with Crippen LogP contribution in [0, 0.1) is 21.8 Å². The Balaban J connectivity index is 2.23. The summed E-state index contributed by atoms with van der Waals surface area (Å²) in [4.78, 5) is 22.7. The van der Waals surface area contributed by atoms with E-state index in [0.29, 0.717) is 6.07 Å². The lowest BCUT2D eigenvalue weighted by Gasteiger charge is -2.17. The number of carbonyl (C=O) groups is 1. The van der Waals surface area contributed by atoms with E-state index in [1.165, 1.54) is 0 Å². The second-order valence-corrected chi connectivity index (χ2v) is 7.49. The Labute approximate surface area is 123 Å². The van der Waals surface area contributed by atoms with Crippen molar-refractivity contribution in [1.82, 2.24) is 0 Å². The van der Waals surface area contributed by atoms with Gasteiger partial charge in [-0.2, -0.15) is 0 Å². The number of carbonyl (C=O) groups excluding carboxylic acids is 1. The summed E-state index contributed by atoms with van der Waals surface area (Å²) in [7, 11) is 1.38. The Morgan fingerprint density at radius 3 is 2.67 bits per heavy atom. The molecule has 10 heteroatoms. The Hall–Kier alpha value is -1.74. The van der Waals surface area contributed by atoms with E-state index in [-0.39, 0.29) is 24.4 Å². The molecule has 0 bridgehead atoms. The summed E-state index contributed by atoms with van der Waals surface area (Å²) in [6.07, 6.45) is -0.0671. The van der Waals surface area contributed by atoms with E-state index in [9.17, 15) is 27.7 Å². The highest BCUT2D eigenvalue weighted by atomic mass is 35.7. The van der Waals surface area contributed by atoms with Gasteiger partial charge in [-0.15, -0.1) is 0 Å². The van der Waals surface area contributed by atoms with Gasteiger partial charge in [0.15, 0.2) is 5.82 Å². The minimum atomic E-state index is -3.75. The van der Waals surface area contributed by atoms with Gasteiger partial charge >= 0.3 is 0 Å². The molecule has 114 valence electrons. The first kappa shape index (κ1) is 15.6. The monoisotopic (exact) mass is 336 g/mol. The fourth-order valence-electron chi connectivity index (χ4n) is 2.24. The zero-order valence-corrected chi connectivity index (χ0v) is 12.1. The van der Waals surface area contributed by atoms with Gasteiger partial charge in [0.1, 0.15) is 0 Å². The lowest BCUT2D eigenvalue weighted by atomic mass is 10.1. The third-order valence-electron chi connectivity index (χ3n) is 3.07. The number of rotatable bonds is 4. The Morgan fingerprint density at radius 2 is 2.14 bits per heavy atom. The summed E-state index contributed by atoms with van der Waals surface area (Å²) in [6.45, 7) is -0.000482. The molecule has 1 aliphatic rings. The van der Waals surface area contributed by atoms with Crippen molar-refractivity contribution in [2.45, 2.75) is 6.42 Å². The zero-order chi connectivity index (χ0) is 15.8. The van der Waals surface area contributed by atoms with Crippen molar-refractivity contribution in [3.05, 3.63) is 34.1 Å². The number of hydrogen-bond acceptors (Lipinski definition) is 5. The van der Waals surface area contributed by atoms with E-state index in [0.717, 1.165) is 17.0 Å². The topological polar surface area (TPSA) is 97.6 Å². The summed E-state index contributed by atoms with van der Waals surface area (Å²) < 4.78 is 35.9.